The average Bonchev–Trinajstić information content (AvgIpc) is 2.63. The van der Waals surface area contributed by atoms with Crippen LogP contribution in [0.5, 0.6) is 0 Å². The number of piperidine rings is 1. The molecular formula is C16H25N5O4S. The fourth-order valence-electron chi connectivity index (χ4n) is 2.76. The standard InChI is InChI=1S/C16H25N5O4S/c1-13-6-10-20(11-7-13)16(17-2)18-8-9-19-26(24,25)15-5-3-4-14(12-15)21(22)23/h3-5,12-13,19H,6-11H2,1-2H3,(H,17,18). The molecule has 1 aliphatic rings. The Labute approximate surface area is 153 Å². The monoisotopic (exact) mass is 383 g/mol. The largest absolute Gasteiger partial charge is 0.355 e. The van der Waals surface area contributed by atoms with Crippen LogP contribution in [-0.2, 0) is 10.0 Å². The van der Waals surface area contributed by atoms with Gasteiger partial charge < -0.3 is 10.2 Å². The van der Waals surface area contributed by atoms with Crippen molar-refractivity contribution >= 4 is 21.7 Å². The molecule has 2 rings (SSSR count). The molecular weight excluding hydrogens is 358 g/mol. The lowest BCUT2D eigenvalue weighted by atomic mass is 10.00. The zero-order chi connectivity index (χ0) is 19.2. The number of non-ortho nitro benzene ring substituents is 1. The third-order valence-corrected chi connectivity index (χ3v) is 5.79. The van der Waals surface area contributed by atoms with Gasteiger partial charge in [-0.25, -0.2) is 13.1 Å². The number of nitro groups is 1. The fraction of sp³-hybridized carbons (Fsp3) is 0.562. The van der Waals surface area contributed by atoms with Crippen LogP contribution in [0, 0.1) is 16.0 Å². The van der Waals surface area contributed by atoms with Gasteiger partial charge in [0.2, 0.25) is 10.0 Å². The highest BCUT2D eigenvalue weighted by Crippen LogP contribution is 2.17. The lowest BCUT2D eigenvalue weighted by molar-refractivity contribution is -0.385. The summed E-state index contributed by atoms with van der Waals surface area (Å²) in [5.41, 5.74) is -0.259. The van der Waals surface area contributed by atoms with Crippen LogP contribution in [0.3, 0.4) is 0 Å². The number of aliphatic imine (C=N–C) groups is 1. The number of sulfonamides is 1. The number of benzene rings is 1. The summed E-state index contributed by atoms with van der Waals surface area (Å²) in [6, 6.07) is 4.98. The van der Waals surface area contributed by atoms with Crippen molar-refractivity contribution in [2.45, 2.75) is 24.7 Å². The first kappa shape index (κ1) is 20.1. The Bertz CT molecular complexity index is 758. The zero-order valence-electron chi connectivity index (χ0n) is 15.0. The number of nitro benzene ring substituents is 1. The molecule has 1 aliphatic heterocycles. The third-order valence-electron chi connectivity index (χ3n) is 4.33. The number of nitrogens with one attached hydrogen (secondary N) is 2. The van der Waals surface area contributed by atoms with E-state index >= 15 is 0 Å². The zero-order valence-corrected chi connectivity index (χ0v) is 15.8. The Kier molecular flexibility index (Phi) is 6.92. The first-order valence-electron chi connectivity index (χ1n) is 8.53. The van der Waals surface area contributed by atoms with Gasteiger partial charge in [-0.15, -0.1) is 0 Å². The van der Waals surface area contributed by atoms with E-state index in [4.69, 9.17) is 0 Å². The smallest absolute Gasteiger partial charge is 0.270 e. The number of hydrogen-bond acceptors (Lipinski definition) is 5. The maximum Gasteiger partial charge on any atom is 0.270 e. The van der Waals surface area contributed by atoms with Crippen molar-refractivity contribution in [3.8, 4) is 0 Å². The van der Waals surface area contributed by atoms with Gasteiger partial charge in [-0.2, -0.15) is 0 Å². The third kappa shape index (κ3) is 5.40. The van der Waals surface area contributed by atoms with Crippen molar-refractivity contribution in [3.05, 3.63) is 34.4 Å². The van der Waals surface area contributed by atoms with E-state index < -0.39 is 14.9 Å². The van der Waals surface area contributed by atoms with Gasteiger partial charge in [-0.1, -0.05) is 13.0 Å². The molecule has 0 bridgehead atoms. The van der Waals surface area contributed by atoms with E-state index in [1.54, 1.807) is 7.05 Å². The highest BCUT2D eigenvalue weighted by molar-refractivity contribution is 7.89. The summed E-state index contributed by atoms with van der Waals surface area (Å²) >= 11 is 0. The first-order chi connectivity index (χ1) is 12.3. The van der Waals surface area contributed by atoms with Crippen LogP contribution < -0.4 is 10.0 Å². The summed E-state index contributed by atoms with van der Waals surface area (Å²) in [4.78, 5) is 16.4. The average molecular weight is 383 g/mol. The van der Waals surface area contributed by atoms with Crippen LogP contribution in [-0.4, -0.2) is 57.4 Å². The van der Waals surface area contributed by atoms with Gasteiger partial charge in [0.15, 0.2) is 5.96 Å². The van der Waals surface area contributed by atoms with Gasteiger partial charge in [0.1, 0.15) is 0 Å². The number of nitrogens with zero attached hydrogens (tertiary/aromatic N) is 3. The van der Waals surface area contributed by atoms with E-state index in [-0.39, 0.29) is 17.1 Å². The minimum absolute atomic E-state index is 0.124. The molecule has 9 nitrogen and oxygen atoms in total. The molecule has 2 N–H and O–H groups in total. The van der Waals surface area contributed by atoms with Crippen LogP contribution in [0.2, 0.25) is 0 Å². The number of likely N-dealkylation sites (tertiary alicyclic amines) is 1. The predicted molar refractivity (Wildman–Crippen MR) is 99.6 cm³/mol. The Hall–Kier alpha value is -2.20. The van der Waals surface area contributed by atoms with E-state index in [9.17, 15) is 18.5 Å². The maximum atomic E-state index is 12.3. The Balaban J connectivity index is 1.86. The molecule has 1 fully saturated rings. The topological polar surface area (TPSA) is 117 Å². The second-order valence-corrected chi connectivity index (χ2v) is 8.06. The van der Waals surface area contributed by atoms with Crippen molar-refractivity contribution in [1.82, 2.24) is 14.9 Å². The highest BCUT2D eigenvalue weighted by atomic mass is 32.2. The van der Waals surface area contributed by atoms with E-state index in [0.717, 1.165) is 38.0 Å². The summed E-state index contributed by atoms with van der Waals surface area (Å²) in [7, 11) is -2.10. The molecule has 0 aromatic heterocycles. The first-order valence-corrected chi connectivity index (χ1v) is 10.0. The van der Waals surface area contributed by atoms with Gasteiger partial charge in [0, 0.05) is 45.4 Å². The molecule has 0 spiro atoms. The van der Waals surface area contributed by atoms with Gasteiger partial charge >= 0.3 is 0 Å². The Morgan fingerprint density at radius 2 is 2.04 bits per heavy atom. The molecule has 0 radical (unpaired) electrons. The van der Waals surface area contributed by atoms with Gasteiger partial charge in [0.05, 0.1) is 9.82 Å². The second-order valence-electron chi connectivity index (χ2n) is 6.30. The van der Waals surface area contributed by atoms with Crippen LogP contribution in [0.15, 0.2) is 34.2 Å². The van der Waals surface area contributed by atoms with Crippen molar-refractivity contribution in [2.24, 2.45) is 10.9 Å². The van der Waals surface area contributed by atoms with Gasteiger partial charge in [-0.05, 0) is 24.8 Å². The summed E-state index contributed by atoms with van der Waals surface area (Å²) in [5.74, 6) is 1.47. The Morgan fingerprint density at radius 1 is 1.35 bits per heavy atom. The highest BCUT2D eigenvalue weighted by Gasteiger charge is 2.19. The van der Waals surface area contributed by atoms with Crippen LogP contribution in [0.25, 0.3) is 0 Å². The van der Waals surface area contributed by atoms with E-state index in [0.29, 0.717) is 12.5 Å². The molecule has 1 saturated heterocycles. The van der Waals surface area contributed by atoms with Crippen LogP contribution in [0.4, 0.5) is 5.69 Å². The molecule has 1 aromatic carbocycles. The molecule has 1 aromatic rings. The molecule has 0 amide bonds. The van der Waals surface area contributed by atoms with Crippen LogP contribution in [0.1, 0.15) is 19.8 Å². The quantitative estimate of drug-likeness (QED) is 0.250. The van der Waals surface area contributed by atoms with Crippen molar-refractivity contribution < 1.29 is 13.3 Å². The maximum absolute atomic E-state index is 12.3. The summed E-state index contributed by atoms with van der Waals surface area (Å²) in [6.07, 6.45) is 2.22. The van der Waals surface area contributed by atoms with Gasteiger partial charge in [0.25, 0.3) is 5.69 Å². The summed E-state index contributed by atoms with van der Waals surface area (Å²) < 4.78 is 27.0. The predicted octanol–water partition coefficient (Wildman–Crippen LogP) is 1.18. The van der Waals surface area contributed by atoms with Crippen molar-refractivity contribution in [2.75, 3.05) is 33.2 Å². The van der Waals surface area contributed by atoms with E-state index in [1.165, 1.54) is 18.2 Å². The van der Waals surface area contributed by atoms with Crippen molar-refractivity contribution in [1.29, 1.82) is 0 Å². The number of rotatable bonds is 6. The minimum Gasteiger partial charge on any atom is -0.355 e. The van der Waals surface area contributed by atoms with Gasteiger partial charge in [-0.3, -0.25) is 15.1 Å². The second kappa shape index (κ2) is 8.95. The number of hydrogen-bond donors (Lipinski definition) is 2. The lowest BCUT2D eigenvalue weighted by Crippen LogP contribution is -2.47. The van der Waals surface area contributed by atoms with Crippen LogP contribution >= 0.6 is 0 Å². The molecule has 0 saturated carbocycles. The molecule has 0 atom stereocenters. The van der Waals surface area contributed by atoms with E-state index in [1.807, 2.05) is 0 Å². The number of guanidine groups is 1. The fourth-order valence-corrected chi connectivity index (χ4v) is 3.83. The molecule has 0 aliphatic carbocycles. The van der Waals surface area contributed by atoms with E-state index in [2.05, 4.69) is 26.9 Å². The van der Waals surface area contributed by atoms with Crippen molar-refractivity contribution in [3.63, 3.8) is 0 Å². The molecule has 26 heavy (non-hydrogen) atoms. The molecule has 144 valence electrons. The molecule has 1 heterocycles. The molecule has 10 heteroatoms. The molecule has 0 unspecified atom stereocenters. The Morgan fingerprint density at radius 3 is 2.65 bits per heavy atom. The summed E-state index contributed by atoms with van der Waals surface area (Å²) in [5, 5.41) is 13.9. The SMILES string of the molecule is CN=C(NCCNS(=O)(=O)c1cccc([N+](=O)[O-])c1)N1CCC(C)CC1. The minimum atomic E-state index is -3.80. The summed E-state index contributed by atoms with van der Waals surface area (Å²) in [6.45, 7) is 4.61. The normalized spacial score (nSPS) is 16.5. The lowest BCUT2D eigenvalue weighted by Gasteiger charge is -2.32.